The van der Waals surface area contributed by atoms with Crippen LogP contribution in [0.2, 0.25) is 0 Å². The van der Waals surface area contributed by atoms with Crippen LogP contribution in [0.4, 0.5) is 0 Å². The van der Waals surface area contributed by atoms with Gasteiger partial charge in [0.1, 0.15) is 17.2 Å². The van der Waals surface area contributed by atoms with Crippen LogP contribution in [0.1, 0.15) is 63.9 Å². The lowest BCUT2D eigenvalue weighted by molar-refractivity contribution is 0.0451. The summed E-state index contributed by atoms with van der Waals surface area (Å²) in [6, 6.07) is 5.60. The van der Waals surface area contributed by atoms with Crippen molar-refractivity contribution < 1.29 is 23.8 Å². The number of Topliss-reactive ketones (excluding diaryl/α,β-unsaturated/α-hetero) is 1. The number of fused-ring (bicyclic) bond motifs is 1. The molecule has 3 rings (SSSR count). The minimum Gasteiger partial charge on any atom is -0.497 e. The summed E-state index contributed by atoms with van der Waals surface area (Å²) in [4.78, 5) is 28.5. The van der Waals surface area contributed by atoms with Crippen molar-refractivity contribution in [1.29, 1.82) is 0 Å². The average Bonchev–Trinajstić information content (AvgIpc) is 3.02. The Morgan fingerprint density at radius 2 is 1.96 bits per heavy atom. The van der Waals surface area contributed by atoms with Crippen LogP contribution in [0.5, 0.6) is 11.5 Å². The second-order valence-corrected chi connectivity index (χ2v) is 7.61. The van der Waals surface area contributed by atoms with E-state index in [0.717, 1.165) is 22.8 Å². The topological polar surface area (TPSA) is 77.6 Å². The van der Waals surface area contributed by atoms with Gasteiger partial charge in [-0.15, -0.1) is 0 Å². The Kier molecular flexibility index (Phi) is 5.77. The van der Waals surface area contributed by atoms with Crippen LogP contribution in [0, 0.1) is 12.8 Å². The van der Waals surface area contributed by atoms with E-state index < -0.39 is 5.97 Å². The lowest BCUT2D eigenvalue weighted by Crippen LogP contribution is -2.19. The summed E-state index contributed by atoms with van der Waals surface area (Å²) in [6.07, 6.45) is 0.971. The van der Waals surface area contributed by atoms with Gasteiger partial charge in [-0.1, -0.05) is 13.8 Å². The number of hydrogen-bond donors (Lipinski definition) is 1. The smallest absolute Gasteiger partial charge is 0.355 e. The van der Waals surface area contributed by atoms with Crippen LogP contribution in [-0.4, -0.2) is 37.6 Å². The molecule has 0 radical (unpaired) electrons. The summed E-state index contributed by atoms with van der Waals surface area (Å²) < 4.78 is 16.2. The maximum absolute atomic E-state index is 12.9. The summed E-state index contributed by atoms with van der Waals surface area (Å²) in [5.74, 6) is 1.25. The van der Waals surface area contributed by atoms with E-state index in [1.54, 1.807) is 21.1 Å². The van der Waals surface area contributed by atoms with Crippen molar-refractivity contribution in [3.05, 3.63) is 46.3 Å². The third-order valence-electron chi connectivity index (χ3n) is 5.12. The maximum Gasteiger partial charge on any atom is 0.355 e. The second kappa shape index (κ2) is 8.09. The molecule has 0 saturated heterocycles. The fourth-order valence-electron chi connectivity index (χ4n) is 3.73. The molecule has 1 N–H and O–H groups in total. The number of carbonyl (C=O) groups excluding carboxylic acids is 2. The zero-order chi connectivity index (χ0) is 20.4. The molecule has 0 amide bonds. The zero-order valence-electron chi connectivity index (χ0n) is 17.0. The first kappa shape index (κ1) is 20.0. The first-order valence-corrected chi connectivity index (χ1v) is 9.49. The minimum absolute atomic E-state index is 0.0211. The van der Waals surface area contributed by atoms with E-state index in [2.05, 4.69) is 4.98 Å². The molecule has 1 heterocycles. The van der Waals surface area contributed by atoms with Crippen LogP contribution in [0.15, 0.2) is 18.2 Å². The third-order valence-corrected chi connectivity index (χ3v) is 5.12. The Hall–Kier alpha value is -2.76. The number of esters is 1. The number of aromatic nitrogens is 1. The molecule has 1 aliphatic rings. The van der Waals surface area contributed by atoms with E-state index >= 15 is 0 Å². The number of ether oxygens (including phenoxy) is 3. The number of H-pyrrole nitrogens is 1. The molecular weight excluding hydrogens is 358 g/mol. The third kappa shape index (κ3) is 3.77. The van der Waals surface area contributed by atoms with Crippen LogP contribution in [-0.2, 0) is 11.2 Å². The highest BCUT2D eigenvalue weighted by Gasteiger charge is 2.33. The molecule has 0 spiro atoms. The van der Waals surface area contributed by atoms with Crippen LogP contribution in [0.3, 0.4) is 0 Å². The van der Waals surface area contributed by atoms with E-state index in [4.69, 9.17) is 14.2 Å². The minimum atomic E-state index is -0.413. The largest absolute Gasteiger partial charge is 0.497 e. The molecule has 6 nitrogen and oxygen atoms in total. The second-order valence-electron chi connectivity index (χ2n) is 7.61. The van der Waals surface area contributed by atoms with E-state index in [9.17, 15) is 9.59 Å². The predicted molar refractivity (Wildman–Crippen MR) is 106 cm³/mol. The first-order valence-electron chi connectivity index (χ1n) is 9.49. The molecule has 0 bridgehead atoms. The monoisotopic (exact) mass is 385 g/mol. The summed E-state index contributed by atoms with van der Waals surface area (Å²) >= 11 is 0. The first-order chi connectivity index (χ1) is 13.3. The molecule has 2 aromatic rings. The lowest BCUT2D eigenvalue weighted by atomic mass is 9.81. The van der Waals surface area contributed by atoms with Crippen molar-refractivity contribution in [3.8, 4) is 11.5 Å². The van der Waals surface area contributed by atoms with Gasteiger partial charge in [-0.05, 0) is 43.0 Å². The Balaban J connectivity index is 1.93. The van der Waals surface area contributed by atoms with Gasteiger partial charge in [-0.25, -0.2) is 4.79 Å². The molecule has 6 heteroatoms. The van der Waals surface area contributed by atoms with E-state index in [0.29, 0.717) is 36.3 Å². The summed E-state index contributed by atoms with van der Waals surface area (Å²) in [5, 5.41) is 0. The van der Waals surface area contributed by atoms with Crippen LogP contribution in [0.25, 0.3) is 0 Å². The fourth-order valence-corrected chi connectivity index (χ4v) is 3.73. The van der Waals surface area contributed by atoms with Gasteiger partial charge in [0.05, 0.1) is 20.8 Å². The number of aromatic amines is 1. The standard InChI is InChI=1S/C22H27NO5/c1-12(2)11-28-22(25)21-13(3)20-17(23-21)8-14(9-18(20)24)16-10-15(26-4)6-7-19(16)27-5/h6-7,10,12,14,23H,8-9,11H2,1-5H3. The Morgan fingerprint density at radius 1 is 1.21 bits per heavy atom. The lowest BCUT2D eigenvalue weighted by Gasteiger charge is -2.24. The molecule has 28 heavy (non-hydrogen) atoms. The van der Waals surface area contributed by atoms with Crippen LogP contribution < -0.4 is 9.47 Å². The number of methoxy groups -OCH3 is 2. The van der Waals surface area contributed by atoms with Crippen molar-refractivity contribution >= 4 is 11.8 Å². The van der Waals surface area contributed by atoms with Crippen molar-refractivity contribution in [2.75, 3.05) is 20.8 Å². The van der Waals surface area contributed by atoms with Gasteiger partial charge >= 0.3 is 5.97 Å². The molecule has 1 unspecified atom stereocenters. The van der Waals surface area contributed by atoms with Crippen molar-refractivity contribution in [2.24, 2.45) is 5.92 Å². The summed E-state index contributed by atoms with van der Waals surface area (Å²) in [6.45, 7) is 6.11. The Morgan fingerprint density at radius 3 is 2.61 bits per heavy atom. The van der Waals surface area contributed by atoms with Crippen molar-refractivity contribution in [3.63, 3.8) is 0 Å². The molecular formula is C22H27NO5. The fraction of sp³-hybridized carbons (Fsp3) is 0.455. The van der Waals surface area contributed by atoms with Gasteiger partial charge < -0.3 is 19.2 Å². The van der Waals surface area contributed by atoms with Crippen LogP contribution >= 0.6 is 0 Å². The van der Waals surface area contributed by atoms with Crippen molar-refractivity contribution in [2.45, 2.75) is 39.5 Å². The quantitative estimate of drug-likeness (QED) is 0.759. The number of carbonyl (C=O) groups is 2. The number of ketones is 1. The van der Waals surface area contributed by atoms with Gasteiger partial charge in [0, 0.05) is 29.2 Å². The van der Waals surface area contributed by atoms with E-state index in [1.165, 1.54) is 0 Å². The highest BCUT2D eigenvalue weighted by Crippen LogP contribution is 2.40. The molecule has 0 saturated carbocycles. The number of hydrogen-bond acceptors (Lipinski definition) is 5. The molecule has 0 fully saturated rings. The Labute approximate surface area is 165 Å². The van der Waals surface area contributed by atoms with Gasteiger partial charge in [0.2, 0.25) is 0 Å². The van der Waals surface area contributed by atoms with Gasteiger partial charge in [0.15, 0.2) is 5.78 Å². The Bertz CT molecular complexity index is 897. The van der Waals surface area contributed by atoms with Gasteiger partial charge in [-0.2, -0.15) is 0 Å². The molecule has 0 aliphatic heterocycles. The average molecular weight is 385 g/mol. The number of rotatable bonds is 6. The molecule has 1 atom stereocenters. The predicted octanol–water partition coefficient (Wildman–Crippen LogP) is 4.07. The number of nitrogens with one attached hydrogen (secondary N) is 1. The number of benzene rings is 1. The SMILES string of the molecule is COc1ccc(OC)c(C2CC(=O)c3c([nH]c(C(=O)OCC(C)C)c3C)C2)c1. The summed E-state index contributed by atoms with van der Waals surface area (Å²) in [5.41, 5.74) is 3.37. The zero-order valence-corrected chi connectivity index (χ0v) is 17.0. The van der Waals surface area contributed by atoms with Gasteiger partial charge in [0.25, 0.3) is 0 Å². The molecule has 1 aromatic carbocycles. The maximum atomic E-state index is 12.9. The molecule has 1 aliphatic carbocycles. The summed E-state index contributed by atoms with van der Waals surface area (Å²) in [7, 11) is 3.22. The highest BCUT2D eigenvalue weighted by atomic mass is 16.5. The normalized spacial score (nSPS) is 16.1. The molecule has 150 valence electrons. The molecule has 1 aromatic heterocycles. The highest BCUT2D eigenvalue weighted by molar-refractivity contribution is 6.03. The van der Waals surface area contributed by atoms with E-state index in [-0.39, 0.29) is 17.6 Å². The van der Waals surface area contributed by atoms with Crippen molar-refractivity contribution in [1.82, 2.24) is 4.98 Å². The van der Waals surface area contributed by atoms with E-state index in [1.807, 2.05) is 32.0 Å². The van der Waals surface area contributed by atoms with Gasteiger partial charge in [-0.3, -0.25) is 4.79 Å².